The third-order valence-electron chi connectivity index (χ3n) is 3.92. The first-order valence-corrected chi connectivity index (χ1v) is 6.23. The average molecular weight is 227 g/mol. The van der Waals surface area contributed by atoms with Gasteiger partial charge in [0.25, 0.3) is 0 Å². The minimum Gasteiger partial charge on any atom is -0.339 e. The second kappa shape index (κ2) is 3.48. The van der Waals surface area contributed by atoms with E-state index in [1.807, 2.05) is 0 Å². The van der Waals surface area contributed by atoms with Gasteiger partial charge in [0.2, 0.25) is 5.89 Å². The fourth-order valence-corrected chi connectivity index (χ4v) is 3.03. The highest BCUT2D eigenvalue weighted by atomic mass is 35.5. The van der Waals surface area contributed by atoms with Crippen molar-refractivity contribution in [2.45, 2.75) is 44.4 Å². The maximum atomic E-state index is 5.63. The van der Waals surface area contributed by atoms with Crippen LogP contribution < -0.4 is 0 Å². The normalized spacial score (nSPS) is 23.8. The van der Waals surface area contributed by atoms with Gasteiger partial charge in [0, 0.05) is 18.2 Å². The molecule has 2 fully saturated rings. The molecule has 2 saturated carbocycles. The molecular weight excluding hydrogens is 212 g/mol. The highest BCUT2D eigenvalue weighted by Crippen LogP contribution is 2.61. The number of halogens is 1. The summed E-state index contributed by atoms with van der Waals surface area (Å²) in [4.78, 5) is 4.38. The fourth-order valence-electron chi connectivity index (χ4n) is 2.86. The van der Waals surface area contributed by atoms with Gasteiger partial charge >= 0.3 is 0 Å². The van der Waals surface area contributed by atoms with E-state index in [1.165, 1.54) is 32.1 Å². The van der Waals surface area contributed by atoms with Crippen LogP contribution in [-0.2, 0) is 6.42 Å². The molecule has 3 nitrogen and oxygen atoms in total. The van der Waals surface area contributed by atoms with Gasteiger partial charge in [-0.05, 0) is 31.1 Å². The molecule has 1 spiro atoms. The van der Waals surface area contributed by atoms with Gasteiger partial charge in [0.15, 0.2) is 5.82 Å². The summed E-state index contributed by atoms with van der Waals surface area (Å²) in [5, 5.41) is 3.93. The predicted octanol–water partition coefficient (Wildman–Crippen LogP) is 2.90. The van der Waals surface area contributed by atoms with E-state index in [0.29, 0.717) is 23.6 Å². The van der Waals surface area contributed by atoms with Gasteiger partial charge in [-0.25, -0.2) is 0 Å². The number of aromatic nitrogens is 2. The maximum absolute atomic E-state index is 5.63. The van der Waals surface area contributed by atoms with Crippen molar-refractivity contribution in [2.24, 2.45) is 5.41 Å². The van der Waals surface area contributed by atoms with E-state index in [-0.39, 0.29) is 0 Å². The van der Waals surface area contributed by atoms with Crippen molar-refractivity contribution in [2.75, 3.05) is 5.88 Å². The molecule has 1 heterocycles. The molecule has 1 aromatic heterocycles. The summed E-state index contributed by atoms with van der Waals surface area (Å²) in [6.07, 6.45) is 7.46. The Kier molecular flexibility index (Phi) is 2.23. The molecule has 0 aliphatic heterocycles. The van der Waals surface area contributed by atoms with Crippen molar-refractivity contribution < 1.29 is 4.52 Å². The van der Waals surface area contributed by atoms with Gasteiger partial charge in [-0.15, -0.1) is 11.6 Å². The Morgan fingerprint density at radius 3 is 2.80 bits per heavy atom. The molecule has 0 saturated heterocycles. The second-order valence-corrected chi connectivity index (χ2v) is 5.32. The molecule has 0 atom stereocenters. The number of nitrogens with zero attached hydrogens (tertiary/aromatic N) is 2. The Labute approximate surface area is 94.2 Å². The van der Waals surface area contributed by atoms with Crippen molar-refractivity contribution in [3.05, 3.63) is 11.7 Å². The Bertz CT molecular complexity index is 351. The van der Waals surface area contributed by atoms with Crippen LogP contribution in [0.4, 0.5) is 0 Å². The lowest BCUT2D eigenvalue weighted by atomic mass is 9.52. The first-order chi connectivity index (χ1) is 7.31. The molecule has 3 rings (SSSR count). The van der Waals surface area contributed by atoms with Gasteiger partial charge in [-0.3, -0.25) is 0 Å². The number of hydrogen-bond acceptors (Lipinski definition) is 3. The highest BCUT2D eigenvalue weighted by Gasteiger charge is 2.50. The van der Waals surface area contributed by atoms with E-state index in [2.05, 4.69) is 10.1 Å². The molecule has 4 heteroatoms. The molecule has 82 valence electrons. The van der Waals surface area contributed by atoms with Crippen LogP contribution in [0.3, 0.4) is 0 Å². The van der Waals surface area contributed by atoms with E-state index in [0.717, 1.165) is 11.7 Å². The zero-order chi connectivity index (χ0) is 10.3. The smallest absolute Gasteiger partial charge is 0.229 e. The lowest BCUT2D eigenvalue weighted by molar-refractivity contribution is -0.00166. The number of rotatable bonds is 3. The van der Waals surface area contributed by atoms with Crippen LogP contribution >= 0.6 is 11.6 Å². The molecule has 15 heavy (non-hydrogen) atoms. The minimum atomic E-state index is 0.530. The Morgan fingerprint density at radius 2 is 2.20 bits per heavy atom. The predicted molar refractivity (Wildman–Crippen MR) is 57.0 cm³/mol. The molecule has 0 N–H and O–H groups in total. The number of aryl methyl sites for hydroxylation is 1. The summed E-state index contributed by atoms with van der Waals surface area (Å²) >= 11 is 5.63. The monoisotopic (exact) mass is 226 g/mol. The highest BCUT2D eigenvalue weighted by molar-refractivity contribution is 6.17. The molecule has 0 unspecified atom stereocenters. The summed E-state index contributed by atoms with van der Waals surface area (Å²) < 4.78 is 5.26. The summed E-state index contributed by atoms with van der Waals surface area (Å²) in [7, 11) is 0. The van der Waals surface area contributed by atoms with Crippen LogP contribution in [0.1, 0.15) is 49.7 Å². The van der Waals surface area contributed by atoms with E-state index in [9.17, 15) is 0 Å². The first kappa shape index (κ1) is 9.64. The van der Waals surface area contributed by atoms with Crippen LogP contribution in [0.15, 0.2) is 4.52 Å². The molecule has 0 amide bonds. The summed E-state index contributed by atoms with van der Waals surface area (Å²) in [6, 6.07) is 0. The van der Waals surface area contributed by atoms with Crippen molar-refractivity contribution >= 4 is 11.6 Å². The molecule has 0 aromatic carbocycles. The van der Waals surface area contributed by atoms with Gasteiger partial charge in [-0.2, -0.15) is 4.98 Å². The summed E-state index contributed by atoms with van der Waals surface area (Å²) in [6.45, 7) is 0. The lowest BCUT2D eigenvalue weighted by Crippen LogP contribution is -2.41. The molecule has 2 aliphatic carbocycles. The van der Waals surface area contributed by atoms with Crippen molar-refractivity contribution in [3.8, 4) is 0 Å². The third kappa shape index (κ3) is 1.57. The molecular formula is C11H15ClN2O. The van der Waals surface area contributed by atoms with Crippen LogP contribution in [0.5, 0.6) is 0 Å². The van der Waals surface area contributed by atoms with Crippen molar-refractivity contribution in [3.63, 3.8) is 0 Å². The van der Waals surface area contributed by atoms with Gasteiger partial charge < -0.3 is 4.52 Å². The average Bonchev–Trinajstić information content (AvgIpc) is 2.48. The topological polar surface area (TPSA) is 38.9 Å². The molecule has 0 radical (unpaired) electrons. The van der Waals surface area contributed by atoms with Crippen LogP contribution in [0, 0.1) is 5.41 Å². The molecule has 1 aromatic rings. The third-order valence-corrected chi connectivity index (χ3v) is 4.11. The van der Waals surface area contributed by atoms with Gasteiger partial charge in [-0.1, -0.05) is 11.6 Å². The molecule has 2 aliphatic rings. The first-order valence-electron chi connectivity index (χ1n) is 5.70. The van der Waals surface area contributed by atoms with E-state index in [4.69, 9.17) is 16.1 Å². The zero-order valence-electron chi connectivity index (χ0n) is 8.71. The Hall–Kier alpha value is -0.570. The summed E-state index contributed by atoms with van der Waals surface area (Å²) in [5.74, 6) is 2.69. The Balaban J connectivity index is 1.62. The van der Waals surface area contributed by atoms with Crippen molar-refractivity contribution in [1.29, 1.82) is 0 Å². The van der Waals surface area contributed by atoms with Gasteiger partial charge in [0.05, 0.1) is 0 Å². The van der Waals surface area contributed by atoms with E-state index < -0.39 is 0 Å². The maximum Gasteiger partial charge on any atom is 0.229 e. The van der Waals surface area contributed by atoms with Crippen molar-refractivity contribution in [1.82, 2.24) is 10.1 Å². The molecule has 0 bridgehead atoms. The zero-order valence-corrected chi connectivity index (χ0v) is 9.46. The Morgan fingerprint density at radius 1 is 1.40 bits per heavy atom. The number of alkyl halides is 1. The SMILES string of the molecule is ClCCc1noc(C2CC3(CCC3)C2)n1. The second-order valence-electron chi connectivity index (χ2n) is 4.95. The van der Waals surface area contributed by atoms with Crippen LogP contribution in [-0.4, -0.2) is 16.0 Å². The largest absolute Gasteiger partial charge is 0.339 e. The van der Waals surface area contributed by atoms with E-state index >= 15 is 0 Å². The van der Waals surface area contributed by atoms with Gasteiger partial charge in [0.1, 0.15) is 0 Å². The van der Waals surface area contributed by atoms with Crippen LogP contribution in [0.25, 0.3) is 0 Å². The minimum absolute atomic E-state index is 0.530. The summed E-state index contributed by atoms with van der Waals surface area (Å²) in [5.41, 5.74) is 0.672. The standard InChI is InChI=1S/C11H15ClN2O/c12-5-2-9-13-10(15-14-9)8-6-11(7-8)3-1-4-11/h8H,1-7H2. The van der Waals surface area contributed by atoms with Crippen LogP contribution in [0.2, 0.25) is 0 Å². The lowest BCUT2D eigenvalue weighted by Gasteiger charge is -2.53. The number of hydrogen-bond donors (Lipinski definition) is 0. The quantitative estimate of drug-likeness (QED) is 0.744. The fraction of sp³-hybridized carbons (Fsp3) is 0.818. The van der Waals surface area contributed by atoms with E-state index in [1.54, 1.807) is 0 Å².